The third-order valence-corrected chi connectivity index (χ3v) is 15.1. The average Bonchev–Trinajstić information content (AvgIpc) is 3.88. The van der Waals surface area contributed by atoms with Crippen molar-refractivity contribution in [1.82, 2.24) is 20.3 Å². The van der Waals surface area contributed by atoms with Crippen LogP contribution in [-0.4, -0.2) is 83.0 Å². The van der Waals surface area contributed by atoms with Gasteiger partial charge in [0, 0.05) is 58.6 Å². The zero-order chi connectivity index (χ0) is 37.8. The monoisotopic (exact) mass is 813 g/mol. The topological polar surface area (TPSA) is 136 Å². The van der Waals surface area contributed by atoms with Crippen molar-refractivity contribution in [3.05, 3.63) is 100 Å². The number of aliphatic hydroxyl groups excluding tert-OH is 1. The number of fused-ring (bicyclic) bond motifs is 2. The number of nitrogens with zero attached hydrogens (tertiary/aromatic N) is 6. The molecule has 0 unspecified atom stereocenters. The highest BCUT2D eigenvalue weighted by molar-refractivity contribution is 9.10. The number of aromatic nitrogens is 3. The van der Waals surface area contributed by atoms with E-state index in [0.717, 1.165) is 58.6 Å². The molecule has 284 valence electrons. The maximum Gasteiger partial charge on any atom is 0.264 e. The molecular formula is C40H48BrN7O5Si. The number of aryl methyl sites for hydroxylation is 1. The van der Waals surface area contributed by atoms with Crippen molar-refractivity contribution in [3.8, 4) is 0 Å². The first kappa shape index (κ1) is 37.0. The van der Waals surface area contributed by atoms with Gasteiger partial charge in [0.25, 0.3) is 11.8 Å². The van der Waals surface area contributed by atoms with Crippen molar-refractivity contribution >= 4 is 53.1 Å². The third kappa shape index (κ3) is 6.20. The number of ether oxygens (including phenoxy) is 1. The van der Waals surface area contributed by atoms with Gasteiger partial charge in [0.15, 0.2) is 13.9 Å². The zero-order valence-corrected chi connectivity index (χ0v) is 33.6. The molecule has 4 aliphatic heterocycles. The number of carbonyl (C=O) groups excluding carboxylic acids is 2. The van der Waals surface area contributed by atoms with Crippen LogP contribution in [0.3, 0.4) is 0 Å². The molecule has 4 atom stereocenters. The molecule has 3 fully saturated rings. The van der Waals surface area contributed by atoms with Crippen molar-refractivity contribution in [3.63, 3.8) is 0 Å². The van der Waals surface area contributed by atoms with E-state index in [1.54, 1.807) is 4.68 Å². The normalized spacial score (nSPS) is 25.1. The highest BCUT2D eigenvalue weighted by Gasteiger charge is 2.66. The molecule has 0 aliphatic carbocycles. The number of nitrogens with one attached hydrogen (secondary N) is 1. The van der Waals surface area contributed by atoms with Gasteiger partial charge in [-0.1, -0.05) is 58.4 Å². The summed E-state index contributed by atoms with van der Waals surface area (Å²) >= 11 is 3.66. The van der Waals surface area contributed by atoms with E-state index >= 15 is 0 Å². The van der Waals surface area contributed by atoms with Crippen molar-refractivity contribution < 1.29 is 24.2 Å². The Kier molecular flexibility index (Phi) is 9.80. The fourth-order valence-corrected chi connectivity index (χ4v) is 12.5. The molecule has 12 nitrogen and oxygen atoms in total. The van der Waals surface area contributed by atoms with E-state index in [-0.39, 0.29) is 36.0 Å². The number of rotatable bonds is 10. The van der Waals surface area contributed by atoms with Crippen LogP contribution in [0.15, 0.2) is 83.5 Å². The Bertz CT molecular complexity index is 2020. The summed E-state index contributed by atoms with van der Waals surface area (Å²) < 4.78 is 9.60. The molecule has 14 heteroatoms. The third-order valence-electron chi connectivity index (χ3n) is 12.1. The lowest BCUT2D eigenvalue weighted by Crippen LogP contribution is -2.55. The molecule has 2 amide bonds. The number of piperidine rings is 1. The van der Waals surface area contributed by atoms with Gasteiger partial charge >= 0.3 is 0 Å². The molecule has 54 heavy (non-hydrogen) atoms. The van der Waals surface area contributed by atoms with E-state index in [1.165, 1.54) is 0 Å². The summed E-state index contributed by atoms with van der Waals surface area (Å²) in [7, 11) is -2.84. The Morgan fingerprint density at radius 3 is 2.44 bits per heavy atom. The summed E-state index contributed by atoms with van der Waals surface area (Å²) in [6, 6.07) is 24.1. The van der Waals surface area contributed by atoms with Crippen LogP contribution < -0.4 is 20.0 Å². The quantitative estimate of drug-likeness (QED) is 0.190. The molecular weight excluding hydrogens is 766 g/mol. The Labute approximate surface area is 325 Å². The Morgan fingerprint density at radius 2 is 1.74 bits per heavy atom. The molecule has 8 rings (SSSR count). The van der Waals surface area contributed by atoms with Crippen LogP contribution >= 0.6 is 15.9 Å². The van der Waals surface area contributed by atoms with Gasteiger partial charge in [0.05, 0.1) is 30.7 Å². The molecule has 5 heterocycles. The van der Waals surface area contributed by atoms with E-state index in [4.69, 9.17) is 4.74 Å². The predicted octanol–water partition coefficient (Wildman–Crippen LogP) is 4.94. The minimum absolute atomic E-state index is 0.00109. The zero-order valence-electron chi connectivity index (χ0n) is 31.0. The average molecular weight is 815 g/mol. The van der Waals surface area contributed by atoms with Gasteiger partial charge in [-0.25, -0.2) is 0 Å². The van der Waals surface area contributed by atoms with Crippen LogP contribution in [0.2, 0.25) is 18.6 Å². The fraction of sp³-hybridized carbons (Fsp3) is 0.450. The molecule has 3 N–H and O–H groups in total. The number of halogens is 1. The van der Waals surface area contributed by atoms with E-state index in [9.17, 15) is 19.5 Å². The minimum atomic E-state index is -2.84. The van der Waals surface area contributed by atoms with Gasteiger partial charge in [-0.2, -0.15) is 0 Å². The number of para-hydroxylation sites is 1. The number of carbonyl (C=O) groups is 2. The van der Waals surface area contributed by atoms with E-state index in [1.807, 2.05) is 96.7 Å². The number of aliphatic hydroxyl groups is 1. The van der Waals surface area contributed by atoms with E-state index in [2.05, 4.69) is 48.6 Å². The van der Waals surface area contributed by atoms with Crippen molar-refractivity contribution in [2.24, 2.45) is 5.92 Å². The molecule has 4 aromatic rings. The smallest absolute Gasteiger partial charge is 0.264 e. The summed E-state index contributed by atoms with van der Waals surface area (Å²) in [4.78, 5) is 46.9. The summed E-state index contributed by atoms with van der Waals surface area (Å²) in [6.45, 7) is 8.79. The van der Waals surface area contributed by atoms with Crippen LogP contribution in [0.25, 0.3) is 0 Å². The number of hydrogen-bond acceptors (Lipinski definition) is 9. The van der Waals surface area contributed by atoms with Gasteiger partial charge < -0.3 is 29.8 Å². The molecule has 1 aromatic heterocycles. The molecule has 0 radical (unpaired) electrons. The first-order valence-corrected chi connectivity index (χ1v) is 22.7. The summed E-state index contributed by atoms with van der Waals surface area (Å²) in [5.74, 6) is -0.304. The van der Waals surface area contributed by atoms with Crippen molar-refractivity contribution in [2.75, 3.05) is 41.1 Å². The first-order valence-electron chi connectivity index (χ1n) is 18.9. The van der Waals surface area contributed by atoms with E-state index in [0.29, 0.717) is 38.3 Å². The first-order chi connectivity index (χ1) is 26.0. The van der Waals surface area contributed by atoms with Gasteiger partial charge in [-0.05, 0) is 93.5 Å². The molecule has 2 spiro atoms. The number of anilines is 3. The summed E-state index contributed by atoms with van der Waals surface area (Å²) in [5.41, 5.74) is 3.05. The largest absolute Gasteiger partial charge is 0.432 e. The van der Waals surface area contributed by atoms with Crippen LogP contribution in [0, 0.1) is 5.92 Å². The van der Waals surface area contributed by atoms with Crippen LogP contribution in [-0.2, 0) is 39.4 Å². The summed E-state index contributed by atoms with van der Waals surface area (Å²) in [6.07, 6.45) is 3.90. The molecule has 0 bridgehead atoms. The molecule has 3 aromatic carbocycles. The van der Waals surface area contributed by atoms with Gasteiger partial charge in [-0.15, -0.1) is 5.10 Å². The van der Waals surface area contributed by atoms with Gasteiger partial charge in [0.1, 0.15) is 5.54 Å². The lowest BCUT2D eigenvalue weighted by Gasteiger charge is -2.39. The Morgan fingerprint density at radius 1 is 1.00 bits per heavy atom. The van der Waals surface area contributed by atoms with Crippen LogP contribution in [0.1, 0.15) is 43.0 Å². The highest BCUT2D eigenvalue weighted by Crippen LogP contribution is 2.60. The number of benzene rings is 3. The van der Waals surface area contributed by atoms with E-state index < -0.39 is 19.5 Å². The second kappa shape index (κ2) is 14.3. The Balaban J connectivity index is 1.06. The highest BCUT2D eigenvalue weighted by atomic mass is 79.9. The van der Waals surface area contributed by atoms with Gasteiger partial charge in [0.2, 0.25) is 0 Å². The second-order valence-electron chi connectivity index (χ2n) is 15.7. The lowest BCUT2D eigenvalue weighted by molar-refractivity contribution is -0.146. The molecule has 0 saturated carbocycles. The number of hydrogen-bond donors (Lipinski definition) is 3. The standard InChI is InChI=1S/C40H48BrN7O5Si/c1-27-36(54(2,3)52)35(15-21-45-25-30(16-22-49)43-44-45)53-40(27)33-23-29(41)11-14-34(33)46(38(40)51)24-28-9-12-31(13-10-28)47-26-48(32-7-5-4-6-8-32)39(37(47)50)17-19-42-20-18-39/h4-14,23,25,27,35-36,42,49,52H,15-22,24,26H2,1-3H3/t27-,35+,36-,40+/m0/s1. The van der Waals surface area contributed by atoms with Crippen molar-refractivity contribution in [2.45, 2.75) is 81.6 Å². The maximum atomic E-state index is 14.9. The molecule has 3 saturated heterocycles. The predicted molar refractivity (Wildman–Crippen MR) is 212 cm³/mol. The SMILES string of the molecule is C[C@H]1[C@H]([Si](C)(C)O)[C@@H](CCn2cc(CCO)nn2)O[C@]12C(=O)N(Cc1ccc(N3CN(c4ccccc4)C4(CCNCC4)C3=O)cc1)c1ccc(Br)cc12. The summed E-state index contributed by atoms with van der Waals surface area (Å²) in [5, 5.41) is 21.1. The minimum Gasteiger partial charge on any atom is -0.432 e. The Hall–Kier alpha value is -3.92. The number of amides is 2. The van der Waals surface area contributed by atoms with Crippen LogP contribution in [0.5, 0.6) is 0 Å². The van der Waals surface area contributed by atoms with Crippen molar-refractivity contribution in [1.29, 1.82) is 0 Å². The molecule has 4 aliphatic rings. The van der Waals surface area contributed by atoms with Crippen LogP contribution in [0.4, 0.5) is 17.1 Å². The fourth-order valence-electron chi connectivity index (χ4n) is 9.54. The lowest BCUT2D eigenvalue weighted by atomic mass is 9.82. The second-order valence-corrected chi connectivity index (χ2v) is 20.6. The maximum absolute atomic E-state index is 14.9. The van der Waals surface area contributed by atoms with Gasteiger partial charge in [-0.3, -0.25) is 19.2 Å².